The van der Waals surface area contributed by atoms with Crippen LogP contribution in [0.5, 0.6) is 0 Å². The Hall–Kier alpha value is -1.67. The highest BCUT2D eigenvalue weighted by atomic mass is 19.1. The third-order valence-electron chi connectivity index (χ3n) is 3.85. The first-order chi connectivity index (χ1) is 9.28. The SMILES string of the molecule is CCNC1CCc2cc(-c3ccc(F)cc3)ccc21. The lowest BCUT2D eigenvalue weighted by Gasteiger charge is -2.12. The summed E-state index contributed by atoms with van der Waals surface area (Å²) in [5, 5.41) is 3.52. The van der Waals surface area contributed by atoms with Crippen molar-refractivity contribution in [2.75, 3.05) is 6.54 Å². The second-order valence-electron chi connectivity index (χ2n) is 5.07. The number of rotatable bonds is 3. The zero-order chi connectivity index (χ0) is 13.2. The maximum atomic E-state index is 12.9. The molecule has 19 heavy (non-hydrogen) atoms. The number of benzene rings is 2. The molecular formula is C17H18FN. The van der Waals surface area contributed by atoms with E-state index in [2.05, 4.69) is 30.4 Å². The average molecular weight is 255 g/mol. The summed E-state index contributed by atoms with van der Waals surface area (Å²) in [6.07, 6.45) is 2.30. The first-order valence-corrected chi connectivity index (χ1v) is 6.90. The standard InChI is InChI=1S/C17H18FN/c1-2-19-17-10-6-14-11-13(5-9-16(14)17)12-3-7-15(18)8-4-12/h3-5,7-9,11,17,19H,2,6,10H2,1H3. The Morgan fingerprint density at radius 3 is 2.58 bits per heavy atom. The van der Waals surface area contributed by atoms with Crippen LogP contribution in [0.4, 0.5) is 4.39 Å². The van der Waals surface area contributed by atoms with Gasteiger partial charge in [0.1, 0.15) is 5.82 Å². The van der Waals surface area contributed by atoms with Crippen molar-refractivity contribution in [3.63, 3.8) is 0 Å². The summed E-state index contributed by atoms with van der Waals surface area (Å²) in [6.45, 7) is 3.15. The van der Waals surface area contributed by atoms with Crippen molar-refractivity contribution < 1.29 is 4.39 Å². The second kappa shape index (κ2) is 5.14. The van der Waals surface area contributed by atoms with E-state index in [0.29, 0.717) is 6.04 Å². The molecule has 0 saturated carbocycles. The Morgan fingerprint density at radius 2 is 1.84 bits per heavy atom. The van der Waals surface area contributed by atoms with Crippen LogP contribution < -0.4 is 5.32 Å². The van der Waals surface area contributed by atoms with Crippen molar-refractivity contribution in [3.8, 4) is 11.1 Å². The highest BCUT2D eigenvalue weighted by Gasteiger charge is 2.21. The predicted molar refractivity (Wildman–Crippen MR) is 76.6 cm³/mol. The van der Waals surface area contributed by atoms with Gasteiger partial charge in [-0.25, -0.2) is 4.39 Å². The monoisotopic (exact) mass is 255 g/mol. The highest BCUT2D eigenvalue weighted by molar-refractivity contribution is 5.65. The molecule has 98 valence electrons. The van der Waals surface area contributed by atoms with Gasteiger partial charge in [0.2, 0.25) is 0 Å². The predicted octanol–water partition coefficient (Wildman–Crippen LogP) is 4.09. The number of halogens is 1. The van der Waals surface area contributed by atoms with Crippen LogP contribution in [0.25, 0.3) is 11.1 Å². The molecule has 0 bridgehead atoms. The molecule has 3 rings (SSSR count). The van der Waals surface area contributed by atoms with E-state index < -0.39 is 0 Å². The Kier molecular flexibility index (Phi) is 3.34. The summed E-state index contributed by atoms with van der Waals surface area (Å²) < 4.78 is 12.9. The first kappa shape index (κ1) is 12.4. The maximum absolute atomic E-state index is 12.9. The molecule has 1 atom stereocenters. The van der Waals surface area contributed by atoms with E-state index in [4.69, 9.17) is 0 Å². The van der Waals surface area contributed by atoms with Gasteiger partial charge in [0, 0.05) is 6.04 Å². The van der Waals surface area contributed by atoms with Gasteiger partial charge in [0.15, 0.2) is 0 Å². The molecule has 0 spiro atoms. The maximum Gasteiger partial charge on any atom is 0.123 e. The molecule has 1 aliphatic carbocycles. The zero-order valence-corrected chi connectivity index (χ0v) is 11.1. The third-order valence-corrected chi connectivity index (χ3v) is 3.85. The van der Waals surface area contributed by atoms with Gasteiger partial charge < -0.3 is 5.32 Å². The number of hydrogen-bond donors (Lipinski definition) is 1. The first-order valence-electron chi connectivity index (χ1n) is 6.90. The normalized spacial score (nSPS) is 17.5. The van der Waals surface area contributed by atoms with Gasteiger partial charge in [-0.1, -0.05) is 37.3 Å². The van der Waals surface area contributed by atoms with E-state index >= 15 is 0 Å². The summed E-state index contributed by atoms with van der Waals surface area (Å²) in [5.74, 6) is -0.183. The van der Waals surface area contributed by atoms with Crippen molar-refractivity contribution in [3.05, 3.63) is 59.4 Å². The molecule has 1 unspecified atom stereocenters. The van der Waals surface area contributed by atoms with Crippen LogP contribution in [-0.2, 0) is 6.42 Å². The average Bonchev–Trinajstić information content (AvgIpc) is 2.83. The summed E-state index contributed by atoms with van der Waals surface area (Å²) >= 11 is 0. The fourth-order valence-electron chi connectivity index (χ4n) is 2.90. The van der Waals surface area contributed by atoms with Crippen molar-refractivity contribution in [1.82, 2.24) is 5.32 Å². The van der Waals surface area contributed by atoms with Crippen LogP contribution >= 0.6 is 0 Å². The van der Waals surface area contributed by atoms with Gasteiger partial charge in [-0.05, 0) is 53.8 Å². The summed E-state index contributed by atoms with van der Waals surface area (Å²) in [4.78, 5) is 0. The molecule has 1 N–H and O–H groups in total. The molecule has 0 amide bonds. The minimum atomic E-state index is -0.183. The van der Waals surface area contributed by atoms with Crippen LogP contribution in [0.2, 0.25) is 0 Å². The molecule has 2 aromatic carbocycles. The Morgan fingerprint density at radius 1 is 1.11 bits per heavy atom. The third kappa shape index (κ3) is 2.41. The van der Waals surface area contributed by atoms with Crippen molar-refractivity contribution in [1.29, 1.82) is 0 Å². The molecule has 0 radical (unpaired) electrons. The van der Waals surface area contributed by atoms with Gasteiger partial charge >= 0.3 is 0 Å². The van der Waals surface area contributed by atoms with Crippen LogP contribution in [0.15, 0.2) is 42.5 Å². The number of aryl methyl sites for hydroxylation is 1. The van der Waals surface area contributed by atoms with Gasteiger partial charge in [0.05, 0.1) is 0 Å². The van der Waals surface area contributed by atoms with E-state index in [1.54, 1.807) is 0 Å². The molecule has 0 heterocycles. The smallest absolute Gasteiger partial charge is 0.123 e. The summed E-state index contributed by atoms with van der Waals surface area (Å²) in [7, 11) is 0. The molecule has 1 nitrogen and oxygen atoms in total. The second-order valence-corrected chi connectivity index (χ2v) is 5.07. The molecule has 1 aliphatic rings. The fraction of sp³-hybridized carbons (Fsp3) is 0.294. The Balaban J connectivity index is 1.92. The molecule has 0 saturated heterocycles. The summed E-state index contributed by atoms with van der Waals surface area (Å²) in [6, 6.07) is 13.8. The fourth-order valence-corrected chi connectivity index (χ4v) is 2.90. The van der Waals surface area contributed by atoms with Gasteiger partial charge in [-0.15, -0.1) is 0 Å². The Labute approximate surface area is 113 Å². The Bertz CT molecular complexity index is 574. The van der Waals surface area contributed by atoms with Crippen LogP contribution in [0.3, 0.4) is 0 Å². The van der Waals surface area contributed by atoms with Crippen molar-refractivity contribution in [2.24, 2.45) is 0 Å². The molecule has 2 heteroatoms. The van der Waals surface area contributed by atoms with Crippen molar-refractivity contribution >= 4 is 0 Å². The zero-order valence-electron chi connectivity index (χ0n) is 11.1. The van der Waals surface area contributed by atoms with Crippen LogP contribution in [0, 0.1) is 5.82 Å². The molecule has 0 aromatic heterocycles. The molecule has 0 aliphatic heterocycles. The lowest BCUT2D eigenvalue weighted by atomic mass is 10.00. The highest BCUT2D eigenvalue weighted by Crippen LogP contribution is 2.34. The number of hydrogen-bond acceptors (Lipinski definition) is 1. The number of nitrogens with one attached hydrogen (secondary N) is 1. The van der Waals surface area contributed by atoms with Gasteiger partial charge in [-0.2, -0.15) is 0 Å². The lowest BCUT2D eigenvalue weighted by Crippen LogP contribution is -2.18. The quantitative estimate of drug-likeness (QED) is 0.871. The number of fused-ring (bicyclic) bond motifs is 1. The summed E-state index contributed by atoms with van der Waals surface area (Å²) in [5.41, 5.74) is 5.10. The minimum Gasteiger partial charge on any atom is -0.310 e. The van der Waals surface area contributed by atoms with E-state index in [1.807, 2.05) is 12.1 Å². The molecular weight excluding hydrogens is 237 g/mol. The van der Waals surface area contributed by atoms with Gasteiger partial charge in [-0.3, -0.25) is 0 Å². The molecule has 0 fully saturated rings. The molecule has 2 aromatic rings. The van der Waals surface area contributed by atoms with Crippen LogP contribution in [-0.4, -0.2) is 6.54 Å². The van der Waals surface area contributed by atoms with E-state index in [1.165, 1.54) is 35.2 Å². The van der Waals surface area contributed by atoms with E-state index in [-0.39, 0.29) is 5.82 Å². The van der Waals surface area contributed by atoms with Crippen molar-refractivity contribution in [2.45, 2.75) is 25.8 Å². The van der Waals surface area contributed by atoms with Gasteiger partial charge in [0.25, 0.3) is 0 Å². The topological polar surface area (TPSA) is 12.0 Å². The largest absolute Gasteiger partial charge is 0.310 e. The lowest BCUT2D eigenvalue weighted by molar-refractivity contribution is 0.549. The van der Waals surface area contributed by atoms with Crippen LogP contribution in [0.1, 0.15) is 30.5 Å². The van der Waals surface area contributed by atoms with E-state index in [9.17, 15) is 4.39 Å². The van der Waals surface area contributed by atoms with E-state index in [0.717, 1.165) is 18.5 Å². The minimum absolute atomic E-state index is 0.183.